The Balaban J connectivity index is 0.00000242. The maximum atomic E-state index is 12.2. The zero-order chi connectivity index (χ0) is 15.1. The van der Waals surface area contributed by atoms with E-state index in [1.54, 1.807) is 11.8 Å². The van der Waals surface area contributed by atoms with Crippen LogP contribution in [0, 0.1) is 5.92 Å². The molecule has 124 valence electrons. The summed E-state index contributed by atoms with van der Waals surface area (Å²) in [7, 11) is 1.99. The minimum atomic E-state index is 0. The first-order chi connectivity index (χ1) is 10.2. The highest BCUT2D eigenvalue weighted by atomic mass is 35.5. The van der Waals surface area contributed by atoms with Crippen molar-refractivity contribution in [1.29, 1.82) is 0 Å². The molecule has 1 aliphatic heterocycles. The number of amides is 1. The summed E-state index contributed by atoms with van der Waals surface area (Å²) < 4.78 is 0. The van der Waals surface area contributed by atoms with Crippen LogP contribution in [0.15, 0.2) is 29.2 Å². The van der Waals surface area contributed by atoms with Gasteiger partial charge in [0.1, 0.15) is 0 Å². The fraction of sp³-hybridized carbons (Fsp3) is 0.562. The third kappa shape index (κ3) is 5.99. The van der Waals surface area contributed by atoms with E-state index in [1.165, 1.54) is 0 Å². The highest BCUT2D eigenvalue weighted by Crippen LogP contribution is 2.27. The van der Waals surface area contributed by atoms with E-state index in [4.69, 9.17) is 11.6 Å². The molecule has 3 nitrogen and oxygen atoms in total. The Bertz CT molecular complexity index is 465. The molecule has 0 aliphatic carbocycles. The van der Waals surface area contributed by atoms with Crippen molar-refractivity contribution in [2.45, 2.75) is 24.2 Å². The van der Waals surface area contributed by atoms with Crippen LogP contribution >= 0.6 is 35.8 Å². The van der Waals surface area contributed by atoms with Crippen molar-refractivity contribution in [3.05, 3.63) is 29.3 Å². The molecule has 22 heavy (non-hydrogen) atoms. The molecule has 0 aromatic heterocycles. The molecule has 1 amide bonds. The van der Waals surface area contributed by atoms with E-state index in [0.29, 0.717) is 6.42 Å². The Kier molecular flexibility index (Phi) is 9.25. The van der Waals surface area contributed by atoms with Crippen LogP contribution in [0.1, 0.15) is 19.3 Å². The molecule has 0 unspecified atom stereocenters. The molecule has 2 rings (SSSR count). The summed E-state index contributed by atoms with van der Waals surface area (Å²) in [6.07, 6.45) is 2.82. The minimum absolute atomic E-state index is 0. The van der Waals surface area contributed by atoms with Gasteiger partial charge in [0, 0.05) is 30.2 Å². The topological polar surface area (TPSA) is 32.3 Å². The zero-order valence-electron chi connectivity index (χ0n) is 12.9. The minimum Gasteiger partial charge on any atom is -0.343 e. The molecule has 1 aliphatic rings. The Morgan fingerprint density at radius 1 is 1.36 bits per heavy atom. The van der Waals surface area contributed by atoms with Crippen molar-refractivity contribution >= 4 is 41.7 Å². The van der Waals surface area contributed by atoms with Gasteiger partial charge in [-0.3, -0.25) is 4.79 Å². The molecular formula is C16H24Cl2N2OS. The molecule has 0 bridgehead atoms. The van der Waals surface area contributed by atoms with E-state index in [1.807, 2.05) is 36.2 Å². The number of benzene rings is 1. The van der Waals surface area contributed by atoms with E-state index in [9.17, 15) is 4.79 Å². The lowest BCUT2D eigenvalue weighted by atomic mass is 9.97. The van der Waals surface area contributed by atoms with Crippen molar-refractivity contribution in [2.75, 3.05) is 32.4 Å². The number of nitrogens with zero attached hydrogens (tertiary/aromatic N) is 1. The predicted octanol–water partition coefficient (Wildman–Crippen LogP) is 3.70. The van der Waals surface area contributed by atoms with Crippen LogP contribution in [0.4, 0.5) is 0 Å². The second-order valence-corrected chi connectivity index (χ2v) is 6.95. The Morgan fingerprint density at radius 3 is 2.68 bits per heavy atom. The fourth-order valence-corrected chi connectivity index (χ4v) is 3.82. The van der Waals surface area contributed by atoms with Crippen LogP contribution in [-0.4, -0.2) is 43.2 Å². The van der Waals surface area contributed by atoms with Crippen LogP contribution in [0.2, 0.25) is 5.02 Å². The van der Waals surface area contributed by atoms with E-state index in [2.05, 4.69) is 5.32 Å². The largest absolute Gasteiger partial charge is 0.343 e. The zero-order valence-corrected chi connectivity index (χ0v) is 15.3. The van der Waals surface area contributed by atoms with Crippen LogP contribution < -0.4 is 5.32 Å². The average molecular weight is 363 g/mol. The van der Waals surface area contributed by atoms with Crippen LogP contribution in [0.3, 0.4) is 0 Å². The van der Waals surface area contributed by atoms with Crippen LogP contribution in [-0.2, 0) is 4.79 Å². The number of thioether (sulfide) groups is 1. The quantitative estimate of drug-likeness (QED) is 0.783. The molecule has 0 radical (unpaired) electrons. The third-order valence-electron chi connectivity index (χ3n) is 3.87. The molecule has 1 aromatic carbocycles. The number of nitrogens with one attached hydrogen (secondary N) is 1. The summed E-state index contributed by atoms with van der Waals surface area (Å²) in [6, 6.07) is 7.79. The summed E-state index contributed by atoms with van der Waals surface area (Å²) in [6.45, 7) is 2.87. The second kappa shape index (κ2) is 10.4. The van der Waals surface area contributed by atoms with Crippen molar-refractivity contribution in [2.24, 2.45) is 5.92 Å². The second-order valence-electron chi connectivity index (χ2n) is 5.41. The van der Waals surface area contributed by atoms with Gasteiger partial charge in [0.15, 0.2) is 0 Å². The molecule has 0 spiro atoms. The fourth-order valence-electron chi connectivity index (χ4n) is 2.64. The molecule has 0 atom stereocenters. The number of rotatable bonds is 6. The number of hydrogen-bond acceptors (Lipinski definition) is 3. The number of likely N-dealkylation sites (tertiary alicyclic amines) is 1. The number of carbonyl (C=O) groups is 1. The van der Waals surface area contributed by atoms with Gasteiger partial charge in [0.2, 0.25) is 5.91 Å². The maximum Gasteiger partial charge on any atom is 0.223 e. The molecule has 1 heterocycles. The van der Waals surface area contributed by atoms with Gasteiger partial charge in [0.05, 0.1) is 5.02 Å². The highest BCUT2D eigenvalue weighted by Gasteiger charge is 2.21. The van der Waals surface area contributed by atoms with Crippen molar-refractivity contribution in [3.8, 4) is 0 Å². The van der Waals surface area contributed by atoms with Gasteiger partial charge in [-0.05, 0) is 44.5 Å². The molecule has 1 fully saturated rings. The molecule has 0 saturated carbocycles. The monoisotopic (exact) mass is 362 g/mol. The first-order valence-electron chi connectivity index (χ1n) is 7.50. The van der Waals surface area contributed by atoms with Gasteiger partial charge in [-0.1, -0.05) is 23.7 Å². The van der Waals surface area contributed by atoms with Crippen molar-refractivity contribution in [3.63, 3.8) is 0 Å². The molecule has 1 saturated heterocycles. The van der Waals surface area contributed by atoms with Crippen LogP contribution in [0.25, 0.3) is 0 Å². The predicted molar refractivity (Wildman–Crippen MR) is 97.3 cm³/mol. The standard InChI is InChI=1S/C16H23ClN2OS.ClH/c1-18-12-13-6-9-19(10-7-13)16(20)8-11-21-15-5-3-2-4-14(15)17;/h2-5,13,18H,6-12H2,1H3;1H. The lowest BCUT2D eigenvalue weighted by molar-refractivity contribution is -0.132. The number of carbonyl (C=O) groups excluding carboxylic acids is 1. The van der Waals surface area contributed by atoms with Gasteiger partial charge in [0.25, 0.3) is 0 Å². The highest BCUT2D eigenvalue weighted by molar-refractivity contribution is 7.99. The third-order valence-corrected chi connectivity index (χ3v) is 5.39. The Morgan fingerprint density at radius 2 is 2.05 bits per heavy atom. The number of halogens is 2. The van der Waals surface area contributed by atoms with Crippen LogP contribution in [0.5, 0.6) is 0 Å². The lowest BCUT2D eigenvalue weighted by Crippen LogP contribution is -2.40. The summed E-state index contributed by atoms with van der Waals surface area (Å²) in [5, 5.41) is 3.99. The first-order valence-corrected chi connectivity index (χ1v) is 8.86. The summed E-state index contributed by atoms with van der Waals surface area (Å²) in [5.41, 5.74) is 0. The van der Waals surface area contributed by atoms with E-state index < -0.39 is 0 Å². The smallest absolute Gasteiger partial charge is 0.223 e. The Hall–Kier alpha value is -0.420. The lowest BCUT2D eigenvalue weighted by Gasteiger charge is -2.32. The first kappa shape index (κ1) is 19.6. The van der Waals surface area contributed by atoms with Gasteiger partial charge in [-0.15, -0.1) is 24.2 Å². The molecule has 1 N–H and O–H groups in total. The summed E-state index contributed by atoms with van der Waals surface area (Å²) in [4.78, 5) is 15.3. The average Bonchev–Trinajstić information content (AvgIpc) is 2.50. The maximum absolute atomic E-state index is 12.2. The van der Waals surface area contributed by atoms with E-state index >= 15 is 0 Å². The molecule has 1 aromatic rings. The summed E-state index contributed by atoms with van der Waals surface area (Å²) >= 11 is 7.77. The SMILES string of the molecule is CNCC1CCN(C(=O)CCSc2ccccc2Cl)CC1.Cl. The van der Waals surface area contributed by atoms with Gasteiger partial charge in [-0.25, -0.2) is 0 Å². The molecule has 6 heteroatoms. The summed E-state index contributed by atoms with van der Waals surface area (Å²) in [5.74, 6) is 1.79. The van der Waals surface area contributed by atoms with Crippen molar-refractivity contribution < 1.29 is 4.79 Å². The Labute approximate surface area is 148 Å². The number of hydrogen-bond donors (Lipinski definition) is 1. The van der Waals surface area contributed by atoms with Crippen molar-refractivity contribution in [1.82, 2.24) is 10.2 Å². The van der Waals surface area contributed by atoms with E-state index in [-0.39, 0.29) is 18.3 Å². The van der Waals surface area contributed by atoms with Gasteiger partial charge < -0.3 is 10.2 Å². The normalized spacial score (nSPS) is 15.5. The molecular weight excluding hydrogens is 339 g/mol. The van der Waals surface area contributed by atoms with Gasteiger partial charge in [-0.2, -0.15) is 0 Å². The number of piperidine rings is 1. The van der Waals surface area contributed by atoms with E-state index in [0.717, 1.165) is 54.1 Å². The van der Waals surface area contributed by atoms with Gasteiger partial charge >= 0.3 is 0 Å².